The number of hydrogen-bond donors (Lipinski definition) is 3. The molecule has 0 saturated heterocycles. The Morgan fingerprint density at radius 2 is 2.00 bits per heavy atom. The molecule has 2 aliphatic rings. The summed E-state index contributed by atoms with van der Waals surface area (Å²) in [5.41, 5.74) is 2.38. The Morgan fingerprint density at radius 1 is 1.19 bits per heavy atom. The van der Waals surface area contributed by atoms with Gasteiger partial charge in [-0.3, -0.25) is 13.8 Å². The van der Waals surface area contributed by atoms with Crippen LogP contribution in [-0.4, -0.2) is 18.6 Å². The van der Waals surface area contributed by atoms with Crippen LogP contribution < -0.4 is 14.8 Å². The molecule has 3 N–H and O–H groups in total. The van der Waals surface area contributed by atoms with Crippen molar-refractivity contribution in [3.63, 3.8) is 0 Å². The molecule has 7 nitrogen and oxygen atoms in total. The van der Waals surface area contributed by atoms with E-state index in [0.29, 0.717) is 21.3 Å². The minimum atomic E-state index is -3.96. The molecule has 166 valence electrons. The molecule has 2 aromatic carbocycles. The molecule has 0 fully saturated rings. The number of benzene rings is 2. The van der Waals surface area contributed by atoms with Crippen LogP contribution in [-0.2, 0) is 16.6 Å². The van der Waals surface area contributed by atoms with Crippen LogP contribution in [0.2, 0.25) is 10.0 Å². The first-order chi connectivity index (χ1) is 15.2. The maximum absolute atomic E-state index is 13.2. The second kappa shape index (κ2) is 9.11. The van der Waals surface area contributed by atoms with Gasteiger partial charge in [-0.15, -0.1) is 0 Å². The van der Waals surface area contributed by atoms with Crippen molar-refractivity contribution >= 4 is 57.0 Å². The molecule has 1 amide bonds. The molecular formula is C21H18Cl2N4O3S2. The number of hydrogen-bond acceptors (Lipinski definition) is 6. The minimum absolute atomic E-state index is 0.0957. The number of halogens is 2. The zero-order chi connectivity index (χ0) is 22.9. The summed E-state index contributed by atoms with van der Waals surface area (Å²) >= 11 is 13.3. The number of nitrogens with one attached hydrogen (secondary N) is 3. The SMILES string of the molecule is Cc1ccc(C(=O)NCc2ccc(Cl)cc2Cl)c(NS(=O)(=O)C2=CC=CN3SNC=C23)c1. The van der Waals surface area contributed by atoms with Crippen molar-refractivity contribution < 1.29 is 13.2 Å². The highest BCUT2D eigenvalue weighted by molar-refractivity contribution is 7.97. The Balaban J connectivity index is 1.57. The molecule has 11 heteroatoms. The van der Waals surface area contributed by atoms with Crippen LogP contribution in [0.4, 0.5) is 5.69 Å². The summed E-state index contributed by atoms with van der Waals surface area (Å²) in [4.78, 5) is 13.0. The fourth-order valence-corrected chi connectivity index (χ4v) is 5.59. The summed E-state index contributed by atoms with van der Waals surface area (Å²) in [6, 6.07) is 9.94. The van der Waals surface area contributed by atoms with Gasteiger partial charge in [0.2, 0.25) is 0 Å². The Hall–Kier alpha value is -2.59. The molecule has 0 bridgehead atoms. The van der Waals surface area contributed by atoms with Crippen molar-refractivity contribution in [2.24, 2.45) is 0 Å². The van der Waals surface area contributed by atoms with E-state index in [4.69, 9.17) is 23.2 Å². The van der Waals surface area contributed by atoms with Crippen LogP contribution in [0.1, 0.15) is 21.5 Å². The van der Waals surface area contributed by atoms with Gasteiger partial charge in [-0.25, -0.2) is 8.42 Å². The number of anilines is 1. The highest BCUT2D eigenvalue weighted by Gasteiger charge is 2.30. The third-order valence-electron chi connectivity index (χ3n) is 4.71. The number of fused-ring (bicyclic) bond motifs is 1. The monoisotopic (exact) mass is 508 g/mol. The third-order valence-corrected chi connectivity index (χ3v) is 7.45. The molecule has 0 saturated carbocycles. The van der Waals surface area contributed by atoms with E-state index in [1.165, 1.54) is 18.2 Å². The third kappa shape index (κ3) is 4.75. The van der Waals surface area contributed by atoms with Gasteiger partial charge >= 0.3 is 0 Å². The maximum Gasteiger partial charge on any atom is 0.264 e. The molecule has 0 aromatic heterocycles. The van der Waals surface area contributed by atoms with Crippen molar-refractivity contribution in [3.05, 3.63) is 98.3 Å². The molecule has 4 rings (SSSR count). The molecule has 0 radical (unpaired) electrons. The van der Waals surface area contributed by atoms with E-state index in [2.05, 4.69) is 14.8 Å². The fraction of sp³-hybridized carbons (Fsp3) is 0.0952. The van der Waals surface area contributed by atoms with Crippen molar-refractivity contribution in [3.8, 4) is 0 Å². The lowest BCUT2D eigenvalue weighted by Gasteiger charge is -2.21. The van der Waals surface area contributed by atoms with Gasteiger partial charge in [-0.2, -0.15) is 0 Å². The van der Waals surface area contributed by atoms with Gasteiger partial charge in [-0.05, 0) is 54.5 Å². The van der Waals surface area contributed by atoms with Crippen molar-refractivity contribution in [1.29, 1.82) is 0 Å². The molecule has 0 spiro atoms. The summed E-state index contributed by atoms with van der Waals surface area (Å²) in [6.07, 6.45) is 6.52. The van der Waals surface area contributed by atoms with Crippen LogP contribution in [0.15, 0.2) is 71.6 Å². The van der Waals surface area contributed by atoms with Crippen molar-refractivity contribution in [2.75, 3.05) is 4.72 Å². The number of sulfonamides is 1. The molecule has 2 aromatic rings. The molecule has 0 unspecified atom stereocenters. The van der Waals surface area contributed by atoms with E-state index >= 15 is 0 Å². The van der Waals surface area contributed by atoms with E-state index < -0.39 is 15.9 Å². The van der Waals surface area contributed by atoms with Gasteiger partial charge in [0.15, 0.2) is 0 Å². The average Bonchev–Trinajstić information content (AvgIpc) is 3.21. The number of amides is 1. The molecular weight excluding hydrogens is 491 g/mol. The topological polar surface area (TPSA) is 90.5 Å². The van der Waals surface area contributed by atoms with E-state index in [9.17, 15) is 13.2 Å². The molecule has 0 atom stereocenters. The van der Waals surface area contributed by atoms with E-state index in [0.717, 1.165) is 5.56 Å². The quantitative estimate of drug-likeness (QED) is 0.490. The zero-order valence-corrected chi connectivity index (χ0v) is 19.9. The number of aryl methyl sites for hydroxylation is 1. The number of carbonyl (C=O) groups excluding carboxylic acids is 1. The zero-order valence-electron chi connectivity index (χ0n) is 16.7. The number of allylic oxidation sites excluding steroid dienone is 2. The van der Waals surface area contributed by atoms with Crippen LogP contribution in [0, 0.1) is 6.92 Å². The van der Waals surface area contributed by atoms with Crippen LogP contribution in [0.25, 0.3) is 0 Å². The molecule has 2 heterocycles. The lowest BCUT2D eigenvalue weighted by Crippen LogP contribution is -2.26. The number of carbonyl (C=O) groups is 1. The Bertz CT molecular complexity index is 1290. The Kier molecular flexibility index (Phi) is 6.43. The fourth-order valence-electron chi connectivity index (χ4n) is 3.14. The Labute approximate surface area is 200 Å². The second-order valence-electron chi connectivity index (χ2n) is 7.01. The van der Waals surface area contributed by atoms with E-state index in [-0.39, 0.29) is 22.7 Å². The lowest BCUT2D eigenvalue weighted by molar-refractivity contribution is 0.0952. The van der Waals surface area contributed by atoms with Crippen LogP contribution in [0.3, 0.4) is 0 Å². The predicted octanol–water partition coefficient (Wildman–Crippen LogP) is 4.69. The predicted molar refractivity (Wildman–Crippen MR) is 129 cm³/mol. The van der Waals surface area contributed by atoms with Gasteiger partial charge in [0.1, 0.15) is 4.91 Å². The second-order valence-corrected chi connectivity index (χ2v) is 10.3. The number of nitrogens with zero attached hydrogens (tertiary/aromatic N) is 1. The van der Waals surface area contributed by atoms with Crippen molar-refractivity contribution in [2.45, 2.75) is 13.5 Å². The van der Waals surface area contributed by atoms with Gasteiger partial charge in [0.25, 0.3) is 15.9 Å². The molecule has 0 aliphatic carbocycles. The molecule has 2 aliphatic heterocycles. The minimum Gasteiger partial charge on any atom is -0.348 e. The molecule has 32 heavy (non-hydrogen) atoms. The van der Waals surface area contributed by atoms with Crippen LogP contribution in [0.5, 0.6) is 0 Å². The summed E-state index contributed by atoms with van der Waals surface area (Å²) in [7, 11) is -3.96. The largest absolute Gasteiger partial charge is 0.348 e. The summed E-state index contributed by atoms with van der Waals surface area (Å²) in [5, 5.41) is 3.71. The average molecular weight is 509 g/mol. The van der Waals surface area contributed by atoms with E-state index in [1.54, 1.807) is 59.2 Å². The first-order valence-corrected chi connectivity index (χ1v) is 12.4. The number of rotatable bonds is 6. The normalized spacial score (nSPS) is 14.9. The smallest absolute Gasteiger partial charge is 0.264 e. The standard InChI is InChI=1S/C21H18Cl2N4O3S2/c1-13-4-7-16(21(28)24-11-14-5-6-15(22)10-17(14)23)18(9-13)26-32(29,30)20-3-2-8-27-19(20)12-25-31-27/h2-10,12,25-26H,11H2,1H3,(H,24,28). The first-order valence-electron chi connectivity index (χ1n) is 9.41. The maximum atomic E-state index is 13.2. The van der Waals surface area contributed by atoms with Gasteiger partial charge < -0.3 is 10.0 Å². The van der Waals surface area contributed by atoms with Crippen molar-refractivity contribution in [1.82, 2.24) is 14.3 Å². The summed E-state index contributed by atoms with van der Waals surface area (Å²) < 4.78 is 33.5. The van der Waals surface area contributed by atoms with Gasteiger partial charge in [-0.1, -0.05) is 35.3 Å². The van der Waals surface area contributed by atoms with Gasteiger partial charge in [0.05, 0.1) is 29.1 Å². The summed E-state index contributed by atoms with van der Waals surface area (Å²) in [5.74, 6) is -0.440. The summed E-state index contributed by atoms with van der Waals surface area (Å²) in [6.45, 7) is 1.98. The lowest BCUT2D eigenvalue weighted by atomic mass is 10.1. The highest BCUT2D eigenvalue weighted by atomic mass is 35.5. The first kappa shape index (κ1) is 22.6. The van der Waals surface area contributed by atoms with Crippen LogP contribution >= 0.6 is 35.3 Å². The van der Waals surface area contributed by atoms with Gasteiger partial charge in [0, 0.05) is 29.0 Å². The van der Waals surface area contributed by atoms with E-state index in [1.807, 2.05) is 6.92 Å². The Morgan fingerprint density at radius 3 is 2.78 bits per heavy atom. The highest BCUT2D eigenvalue weighted by Crippen LogP contribution is 2.34.